The van der Waals surface area contributed by atoms with Crippen LogP contribution in [0.25, 0.3) is 5.00 Å². The lowest BCUT2D eigenvalue weighted by molar-refractivity contribution is 0.967. The maximum atomic E-state index is 4.91. The van der Waals surface area contributed by atoms with Crippen LogP contribution >= 0.6 is 35.3 Å². The average molecular weight is 202 g/mol. The highest BCUT2D eigenvalue weighted by Gasteiger charge is 1.99. The van der Waals surface area contributed by atoms with Crippen LogP contribution < -0.4 is 0 Å². The van der Waals surface area contributed by atoms with E-state index < -0.39 is 0 Å². The van der Waals surface area contributed by atoms with Gasteiger partial charge in [0.25, 0.3) is 0 Å². The molecule has 0 saturated carbocycles. The molecule has 7 heteroatoms. The van der Waals surface area contributed by atoms with Crippen LogP contribution in [0.5, 0.6) is 0 Å². The summed E-state index contributed by atoms with van der Waals surface area (Å²) >= 11 is 7.59. The van der Waals surface area contributed by atoms with Crippen molar-refractivity contribution in [3.63, 3.8) is 0 Å². The fourth-order valence-corrected chi connectivity index (χ4v) is 1.94. The normalized spacial score (nSPS) is 10.2. The predicted molar refractivity (Wildman–Crippen MR) is 45.7 cm³/mol. The molecule has 0 aliphatic heterocycles. The summed E-state index contributed by atoms with van der Waals surface area (Å²) in [6.45, 7) is 0. The van der Waals surface area contributed by atoms with Crippen molar-refractivity contribution < 1.29 is 0 Å². The molecule has 56 valence electrons. The lowest BCUT2D eigenvalue weighted by atomic mass is 10.9. The first-order valence-corrected chi connectivity index (χ1v) is 4.65. The molecule has 0 fully saturated rings. The molecular weight excluding hydrogens is 200 g/mol. The molecule has 0 aromatic carbocycles. The lowest BCUT2D eigenvalue weighted by Crippen LogP contribution is -1.85. The van der Waals surface area contributed by atoms with Crippen LogP contribution in [0.2, 0.25) is 0 Å². The molecule has 0 radical (unpaired) electrons. The molecule has 0 atom stereocenters. The Labute approximate surface area is 75.4 Å². The van der Waals surface area contributed by atoms with Crippen molar-refractivity contribution in [2.45, 2.75) is 0 Å². The number of nitrogens with zero attached hydrogens (tertiary/aromatic N) is 4. The van der Waals surface area contributed by atoms with Crippen LogP contribution in [0.15, 0.2) is 12.4 Å². The fourth-order valence-electron chi connectivity index (χ4n) is 0.580. The van der Waals surface area contributed by atoms with Gasteiger partial charge in [0.1, 0.15) is 3.82 Å². The van der Waals surface area contributed by atoms with Gasteiger partial charge in [-0.25, -0.2) is 0 Å². The molecule has 2 aromatic rings. The van der Waals surface area contributed by atoms with E-state index in [4.69, 9.17) is 12.2 Å². The van der Waals surface area contributed by atoms with E-state index in [0.717, 1.165) is 8.82 Å². The monoisotopic (exact) mass is 202 g/mol. The molecule has 2 heterocycles. The maximum Gasteiger partial charge on any atom is 0.170 e. The van der Waals surface area contributed by atoms with E-state index in [1.807, 2.05) is 0 Å². The van der Waals surface area contributed by atoms with Crippen molar-refractivity contribution in [1.82, 2.24) is 18.8 Å². The third kappa shape index (κ3) is 1.35. The van der Waals surface area contributed by atoms with Gasteiger partial charge >= 0.3 is 0 Å². The van der Waals surface area contributed by atoms with Crippen molar-refractivity contribution >= 4 is 35.3 Å². The highest BCUT2D eigenvalue weighted by molar-refractivity contribution is 7.73. The Balaban J connectivity index is 2.53. The molecule has 0 bridgehead atoms. The quantitative estimate of drug-likeness (QED) is 0.657. The summed E-state index contributed by atoms with van der Waals surface area (Å²) < 4.78 is 6.18. The largest absolute Gasteiger partial charge is 0.172 e. The summed E-state index contributed by atoms with van der Waals surface area (Å²) in [5, 5.41) is 8.60. The maximum absolute atomic E-state index is 4.91. The Morgan fingerprint density at radius 2 is 2.36 bits per heavy atom. The Hall–Kier alpha value is -0.660. The second-order valence-electron chi connectivity index (χ2n) is 1.68. The lowest BCUT2D eigenvalue weighted by Gasteiger charge is -1.86. The molecular formula is C4H2N4S3. The minimum atomic E-state index is 0.762. The molecule has 0 saturated heterocycles. The Bertz CT molecular complexity index is 385. The zero-order chi connectivity index (χ0) is 7.68. The van der Waals surface area contributed by atoms with Gasteiger partial charge in [-0.1, -0.05) is 16.7 Å². The first-order valence-electron chi connectivity index (χ1n) is 2.69. The van der Waals surface area contributed by atoms with Gasteiger partial charge in [-0.05, 0) is 11.5 Å². The smallest absolute Gasteiger partial charge is 0.170 e. The van der Waals surface area contributed by atoms with Gasteiger partial charge in [0, 0.05) is 11.5 Å². The van der Waals surface area contributed by atoms with E-state index in [-0.39, 0.29) is 0 Å². The zero-order valence-electron chi connectivity index (χ0n) is 5.17. The second-order valence-corrected chi connectivity index (χ2v) is 4.11. The number of aromatic nitrogens is 4. The van der Waals surface area contributed by atoms with Crippen LogP contribution in [-0.4, -0.2) is 18.8 Å². The average Bonchev–Trinajstić information content (AvgIpc) is 2.55. The molecule has 11 heavy (non-hydrogen) atoms. The van der Waals surface area contributed by atoms with Crippen molar-refractivity contribution in [2.75, 3.05) is 0 Å². The van der Waals surface area contributed by atoms with Gasteiger partial charge in [0.05, 0.1) is 12.4 Å². The number of rotatable bonds is 1. The number of hydrogen-bond donors (Lipinski definition) is 0. The highest BCUT2D eigenvalue weighted by Crippen LogP contribution is 2.12. The molecule has 0 N–H and O–H groups in total. The van der Waals surface area contributed by atoms with E-state index in [2.05, 4.69) is 14.7 Å². The van der Waals surface area contributed by atoms with Crippen molar-refractivity contribution in [3.05, 3.63) is 16.2 Å². The number of hydrogen-bond acceptors (Lipinski definition) is 6. The van der Waals surface area contributed by atoms with Crippen LogP contribution in [-0.2, 0) is 0 Å². The third-order valence-corrected chi connectivity index (χ3v) is 2.82. The Kier molecular flexibility index (Phi) is 1.76. The summed E-state index contributed by atoms with van der Waals surface area (Å²) in [4.78, 5) is 0. The highest BCUT2D eigenvalue weighted by atomic mass is 32.2. The Morgan fingerprint density at radius 3 is 2.91 bits per heavy atom. The van der Waals surface area contributed by atoms with Crippen LogP contribution in [0.1, 0.15) is 0 Å². The summed E-state index contributed by atoms with van der Waals surface area (Å²) in [6, 6.07) is 0. The minimum Gasteiger partial charge on any atom is -0.172 e. The van der Waals surface area contributed by atoms with E-state index >= 15 is 0 Å². The van der Waals surface area contributed by atoms with Gasteiger partial charge in [-0.2, -0.15) is 9.17 Å². The van der Waals surface area contributed by atoms with Crippen LogP contribution in [0, 0.1) is 3.82 Å². The minimum absolute atomic E-state index is 0.762. The second kappa shape index (κ2) is 2.76. The third-order valence-electron chi connectivity index (χ3n) is 0.983. The molecule has 0 aliphatic carbocycles. The van der Waals surface area contributed by atoms with Crippen LogP contribution in [0.4, 0.5) is 0 Å². The predicted octanol–water partition coefficient (Wildman–Crippen LogP) is 1.51. The van der Waals surface area contributed by atoms with Gasteiger partial charge in [0.2, 0.25) is 0 Å². The van der Waals surface area contributed by atoms with Crippen LogP contribution in [0.3, 0.4) is 0 Å². The van der Waals surface area contributed by atoms with Gasteiger partial charge in [-0.15, -0.1) is 5.10 Å². The van der Waals surface area contributed by atoms with E-state index in [9.17, 15) is 0 Å². The van der Waals surface area contributed by atoms with E-state index in [1.165, 1.54) is 23.1 Å². The van der Waals surface area contributed by atoms with Gasteiger partial charge in [0.15, 0.2) is 5.00 Å². The summed E-state index contributed by atoms with van der Waals surface area (Å²) in [5.74, 6) is 0. The molecule has 2 rings (SSSR count). The molecule has 2 aromatic heterocycles. The molecule has 4 nitrogen and oxygen atoms in total. The summed E-state index contributed by atoms with van der Waals surface area (Å²) in [7, 11) is 0. The van der Waals surface area contributed by atoms with Gasteiger partial charge < -0.3 is 0 Å². The summed E-state index contributed by atoms with van der Waals surface area (Å²) in [5.41, 5.74) is 0. The summed E-state index contributed by atoms with van der Waals surface area (Å²) in [6.07, 6.45) is 3.29. The molecule has 0 spiro atoms. The van der Waals surface area contributed by atoms with Crippen molar-refractivity contribution in [2.24, 2.45) is 0 Å². The molecule has 0 amide bonds. The van der Waals surface area contributed by atoms with Crippen molar-refractivity contribution in [3.8, 4) is 5.00 Å². The zero-order valence-corrected chi connectivity index (χ0v) is 7.62. The van der Waals surface area contributed by atoms with Gasteiger partial charge in [-0.3, -0.25) is 0 Å². The first kappa shape index (κ1) is 7.01. The fraction of sp³-hybridized carbons (Fsp3) is 0. The molecule has 0 aliphatic rings. The first-order chi connectivity index (χ1) is 5.36. The SMILES string of the molecule is S=c1cnn(-c2cnns2)s1. The molecule has 0 unspecified atom stereocenters. The standard InChI is InChI=1S/C4H2N4S3/c9-4-2-6-8(11-4)3-1-5-7-10-3/h1-2H. The topological polar surface area (TPSA) is 43.6 Å². The van der Waals surface area contributed by atoms with Crippen molar-refractivity contribution in [1.29, 1.82) is 0 Å². The van der Waals surface area contributed by atoms with E-state index in [1.54, 1.807) is 16.5 Å². The Morgan fingerprint density at radius 1 is 1.45 bits per heavy atom. The van der Waals surface area contributed by atoms with E-state index in [0.29, 0.717) is 0 Å².